The SMILES string of the molecule is Nc1nc[n+](CCC2CCN(C=O)CC2)c2nc(Sc3cc(OCc4ccccc4)c(OCc4ccccc4)cc3Br)[nH]c12. The third-order valence-corrected chi connectivity index (χ3v) is 9.65. The number of piperidine rings is 1. The predicted octanol–water partition coefficient (Wildman–Crippen LogP) is 6.16. The molecule has 6 rings (SSSR count). The number of ether oxygens (including phenoxy) is 2. The molecule has 3 aromatic carbocycles. The first-order chi connectivity index (χ1) is 21.6. The molecule has 3 N–H and O–H groups in total. The predicted molar refractivity (Wildman–Crippen MR) is 173 cm³/mol. The van der Waals surface area contributed by atoms with Gasteiger partial charge in [-0.1, -0.05) is 70.6 Å². The Morgan fingerprint density at radius 2 is 1.64 bits per heavy atom. The molecule has 0 radical (unpaired) electrons. The van der Waals surface area contributed by atoms with Crippen molar-refractivity contribution in [3.8, 4) is 11.5 Å². The summed E-state index contributed by atoms with van der Waals surface area (Å²) in [6.07, 6.45) is 5.73. The second kappa shape index (κ2) is 14.1. The number of rotatable bonds is 12. The third-order valence-electron chi connectivity index (χ3n) is 7.78. The molecule has 0 spiro atoms. The summed E-state index contributed by atoms with van der Waals surface area (Å²) in [5, 5.41) is 0.695. The van der Waals surface area contributed by atoms with E-state index in [9.17, 15) is 4.79 Å². The molecule has 2 aromatic heterocycles. The van der Waals surface area contributed by atoms with Crippen molar-refractivity contribution < 1.29 is 18.8 Å². The van der Waals surface area contributed by atoms with Gasteiger partial charge in [-0.2, -0.15) is 0 Å². The molecule has 11 heteroatoms. The van der Waals surface area contributed by atoms with Crippen molar-refractivity contribution in [1.29, 1.82) is 0 Å². The number of benzene rings is 3. The molecule has 1 aliphatic heterocycles. The van der Waals surface area contributed by atoms with Gasteiger partial charge in [-0.05, 0) is 76.1 Å². The van der Waals surface area contributed by atoms with E-state index in [-0.39, 0.29) is 0 Å². The zero-order valence-corrected chi connectivity index (χ0v) is 26.6. The molecule has 0 bridgehead atoms. The van der Waals surface area contributed by atoms with E-state index in [1.807, 2.05) is 77.7 Å². The fourth-order valence-electron chi connectivity index (χ4n) is 5.26. The Hall–Kier alpha value is -4.09. The third kappa shape index (κ3) is 7.34. The van der Waals surface area contributed by atoms with E-state index in [4.69, 9.17) is 20.2 Å². The Morgan fingerprint density at radius 3 is 2.27 bits per heavy atom. The van der Waals surface area contributed by atoms with Crippen LogP contribution in [0.25, 0.3) is 11.2 Å². The molecule has 1 fully saturated rings. The number of carbonyl (C=O) groups is 1. The Balaban J connectivity index is 1.22. The molecule has 5 aromatic rings. The number of imidazole rings is 1. The second-order valence-electron chi connectivity index (χ2n) is 10.8. The number of nitrogen functional groups attached to an aromatic ring is 1. The number of carbonyl (C=O) groups excluding carboxylic acids is 1. The van der Waals surface area contributed by atoms with Crippen molar-refractivity contribution in [3.63, 3.8) is 0 Å². The van der Waals surface area contributed by atoms with Gasteiger partial charge in [-0.25, -0.2) is 4.57 Å². The van der Waals surface area contributed by atoms with Crippen LogP contribution in [-0.4, -0.2) is 39.4 Å². The van der Waals surface area contributed by atoms with Crippen LogP contribution in [0, 0.1) is 5.92 Å². The molecule has 1 amide bonds. The number of likely N-dealkylation sites (tertiary alicyclic amines) is 1. The minimum atomic E-state index is 0.408. The van der Waals surface area contributed by atoms with Crippen LogP contribution in [0.15, 0.2) is 93.6 Å². The van der Waals surface area contributed by atoms with Crippen LogP contribution in [-0.2, 0) is 24.6 Å². The van der Waals surface area contributed by atoms with Gasteiger partial charge in [0.2, 0.25) is 23.7 Å². The maximum absolute atomic E-state index is 11.1. The van der Waals surface area contributed by atoms with Crippen molar-refractivity contribution in [1.82, 2.24) is 19.9 Å². The number of aromatic nitrogens is 4. The zero-order valence-electron chi connectivity index (χ0n) is 24.2. The number of aryl methyl sites for hydroxylation is 1. The minimum Gasteiger partial charge on any atom is -0.485 e. The molecule has 1 aliphatic rings. The number of fused-ring (bicyclic) bond motifs is 1. The van der Waals surface area contributed by atoms with Gasteiger partial charge < -0.3 is 25.1 Å². The van der Waals surface area contributed by atoms with Crippen LogP contribution in [0.5, 0.6) is 11.5 Å². The van der Waals surface area contributed by atoms with Crippen molar-refractivity contribution in [2.75, 3.05) is 18.8 Å². The standard InChI is InChI=1S/C33H33BrN6O3S/c34-26-17-27(42-19-24-7-3-1-4-8-24)28(43-20-25-9-5-2-6-10-25)18-29(26)44-33-37-30-31(35)36-21-40(32(30)38-33)16-13-23-11-14-39(22-41)15-12-23/h1-10,17-18,21-23H,11-16,19-20H2,(H2,35,37,38)/p+1. The fraction of sp³-hybridized carbons (Fsp3) is 0.273. The molecular formula is C33H34BrN6O3S+. The lowest BCUT2D eigenvalue weighted by Gasteiger charge is -2.28. The number of hydrogen-bond donors (Lipinski definition) is 2. The van der Waals surface area contributed by atoms with Crippen LogP contribution in [0.3, 0.4) is 0 Å². The smallest absolute Gasteiger partial charge is 0.294 e. The van der Waals surface area contributed by atoms with Crippen LogP contribution in [0.2, 0.25) is 0 Å². The summed E-state index contributed by atoms with van der Waals surface area (Å²) in [7, 11) is 0. The number of aromatic amines is 1. The first kappa shape index (κ1) is 30.0. The average Bonchev–Trinajstić information content (AvgIpc) is 3.50. The van der Waals surface area contributed by atoms with E-state index >= 15 is 0 Å². The topological polar surface area (TPSA) is 110 Å². The van der Waals surface area contributed by atoms with E-state index in [0.717, 1.165) is 71.4 Å². The highest BCUT2D eigenvalue weighted by molar-refractivity contribution is 9.10. The molecule has 0 atom stereocenters. The molecule has 3 heterocycles. The molecule has 0 unspecified atom stereocenters. The maximum Gasteiger partial charge on any atom is 0.294 e. The van der Waals surface area contributed by atoms with Crippen molar-refractivity contribution in [3.05, 3.63) is 94.7 Å². The molecule has 226 valence electrons. The van der Waals surface area contributed by atoms with Crippen LogP contribution >= 0.6 is 27.7 Å². The Kier molecular flexibility index (Phi) is 9.62. The summed E-state index contributed by atoms with van der Waals surface area (Å²) >= 11 is 5.23. The number of amides is 1. The maximum atomic E-state index is 11.1. The number of nitrogens with one attached hydrogen (secondary N) is 1. The largest absolute Gasteiger partial charge is 0.485 e. The van der Waals surface area contributed by atoms with E-state index < -0.39 is 0 Å². The van der Waals surface area contributed by atoms with E-state index in [2.05, 4.69) is 30.5 Å². The summed E-state index contributed by atoms with van der Waals surface area (Å²) in [5.41, 5.74) is 9.88. The average molecular weight is 675 g/mol. The lowest BCUT2D eigenvalue weighted by molar-refractivity contribution is -0.677. The van der Waals surface area contributed by atoms with Crippen LogP contribution in [0.1, 0.15) is 30.4 Å². The Labute approximate surface area is 268 Å². The van der Waals surface area contributed by atoms with Crippen LogP contribution < -0.4 is 19.8 Å². The minimum absolute atomic E-state index is 0.408. The van der Waals surface area contributed by atoms with Gasteiger partial charge >= 0.3 is 0 Å². The molecule has 9 nitrogen and oxygen atoms in total. The van der Waals surface area contributed by atoms with Crippen molar-refractivity contribution >= 4 is 51.1 Å². The van der Waals surface area contributed by atoms with Gasteiger partial charge in [-0.3, -0.25) is 4.79 Å². The van der Waals surface area contributed by atoms with E-state index in [1.165, 1.54) is 11.8 Å². The Morgan fingerprint density at radius 1 is 1.00 bits per heavy atom. The highest BCUT2D eigenvalue weighted by Crippen LogP contribution is 2.41. The van der Waals surface area contributed by atoms with Gasteiger partial charge in [0.1, 0.15) is 13.2 Å². The van der Waals surface area contributed by atoms with E-state index in [0.29, 0.717) is 47.1 Å². The lowest BCUT2D eigenvalue weighted by Crippen LogP contribution is -2.38. The number of anilines is 1. The fourth-order valence-corrected chi connectivity index (χ4v) is 6.64. The molecule has 44 heavy (non-hydrogen) atoms. The monoisotopic (exact) mass is 673 g/mol. The Bertz CT molecular complexity index is 1710. The molecule has 0 aliphatic carbocycles. The van der Waals surface area contributed by atoms with Gasteiger partial charge in [0.05, 0.1) is 6.54 Å². The zero-order chi connectivity index (χ0) is 30.3. The van der Waals surface area contributed by atoms with Gasteiger partial charge in [-0.15, -0.1) is 0 Å². The second-order valence-corrected chi connectivity index (χ2v) is 12.7. The van der Waals surface area contributed by atoms with E-state index in [1.54, 1.807) is 6.33 Å². The quantitative estimate of drug-likeness (QED) is 0.121. The van der Waals surface area contributed by atoms with Gasteiger partial charge in [0, 0.05) is 22.5 Å². The first-order valence-corrected chi connectivity index (χ1v) is 16.2. The summed E-state index contributed by atoms with van der Waals surface area (Å²) in [4.78, 5) is 26.5. The van der Waals surface area contributed by atoms with Gasteiger partial charge in [0.15, 0.2) is 17.0 Å². The normalized spacial score (nSPS) is 13.7. The summed E-state index contributed by atoms with van der Waals surface area (Å²) in [6, 6.07) is 24.0. The molecule has 0 saturated carbocycles. The molecular weight excluding hydrogens is 640 g/mol. The number of H-pyrrole nitrogens is 1. The summed E-state index contributed by atoms with van der Waals surface area (Å²) in [5.74, 6) is 2.26. The summed E-state index contributed by atoms with van der Waals surface area (Å²) in [6.45, 7) is 3.25. The molecule has 1 saturated heterocycles. The lowest BCUT2D eigenvalue weighted by atomic mass is 9.94. The van der Waals surface area contributed by atoms with Gasteiger partial charge in [0.25, 0.3) is 5.65 Å². The number of halogens is 1. The first-order valence-electron chi connectivity index (χ1n) is 14.6. The number of nitrogens with two attached hydrogens (primary N) is 1. The highest BCUT2D eigenvalue weighted by Gasteiger charge is 2.23. The highest BCUT2D eigenvalue weighted by atomic mass is 79.9. The summed E-state index contributed by atoms with van der Waals surface area (Å²) < 4.78 is 15.4. The van der Waals surface area contributed by atoms with Crippen molar-refractivity contribution in [2.24, 2.45) is 5.92 Å². The number of nitrogens with zero attached hydrogens (tertiary/aromatic N) is 4. The van der Waals surface area contributed by atoms with Crippen molar-refractivity contribution in [2.45, 2.75) is 49.1 Å². The number of hydrogen-bond acceptors (Lipinski definition) is 7. The van der Waals surface area contributed by atoms with Crippen LogP contribution in [0.4, 0.5) is 5.82 Å².